The van der Waals surface area contributed by atoms with E-state index >= 15 is 0 Å². The van der Waals surface area contributed by atoms with Crippen LogP contribution < -0.4 is 4.74 Å². The van der Waals surface area contributed by atoms with Gasteiger partial charge in [-0.05, 0) is 48.4 Å². The summed E-state index contributed by atoms with van der Waals surface area (Å²) in [5, 5.41) is 0. The number of ether oxygens (including phenoxy) is 1. The molecule has 0 aliphatic carbocycles. The molecule has 0 unspecified atom stereocenters. The topological polar surface area (TPSA) is 9.23 Å². The Balaban J connectivity index is 2.50. The lowest BCUT2D eigenvalue weighted by atomic mass is 9.92. The maximum absolute atomic E-state index is 6.21. The number of benzene rings is 2. The molecule has 2 aromatic rings. The largest absolute Gasteiger partial charge is 0.490 e. The van der Waals surface area contributed by atoms with E-state index in [1.807, 2.05) is 0 Å². The fourth-order valence-corrected chi connectivity index (χ4v) is 2.74. The third kappa shape index (κ3) is 4.13. The van der Waals surface area contributed by atoms with E-state index in [9.17, 15) is 0 Å². The molecule has 0 saturated carbocycles. The lowest BCUT2D eigenvalue weighted by Crippen LogP contribution is -2.11. The Bertz CT molecular complexity index is 597. The molecule has 2 aromatic carbocycles. The Morgan fingerprint density at radius 2 is 1.59 bits per heavy atom. The van der Waals surface area contributed by atoms with Crippen molar-refractivity contribution in [3.8, 4) is 5.75 Å². The van der Waals surface area contributed by atoms with E-state index in [2.05, 4.69) is 77.1 Å². The van der Waals surface area contributed by atoms with Crippen LogP contribution in [0, 0.1) is 0 Å². The summed E-state index contributed by atoms with van der Waals surface area (Å²) in [5.74, 6) is 1.56. The second-order valence-corrected chi connectivity index (χ2v) is 6.51. The summed E-state index contributed by atoms with van der Waals surface area (Å²) in [4.78, 5) is 0. The predicted octanol–water partition coefficient (Wildman–Crippen LogP) is 5.75. The Morgan fingerprint density at radius 3 is 2.14 bits per heavy atom. The second-order valence-electron chi connectivity index (χ2n) is 6.51. The number of rotatable bonds is 6. The van der Waals surface area contributed by atoms with Crippen molar-refractivity contribution in [1.82, 2.24) is 0 Å². The Morgan fingerprint density at radius 1 is 0.909 bits per heavy atom. The molecule has 0 atom stereocenters. The third-order valence-electron chi connectivity index (χ3n) is 3.88. The highest BCUT2D eigenvalue weighted by atomic mass is 16.5. The van der Waals surface area contributed by atoms with Gasteiger partial charge in [0.1, 0.15) is 5.75 Å². The van der Waals surface area contributed by atoms with Gasteiger partial charge in [-0.3, -0.25) is 0 Å². The maximum atomic E-state index is 6.21. The van der Waals surface area contributed by atoms with Gasteiger partial charge in [0, 0.05) is 6.42 Å². The molecule has 0 bridgehead atoms. The van der Waals surface area contributed by atoms with Gasteiger partial charge in [-0.2, -0.15) is 0 Å². The molecule has 0 aliphatic heterocycles. The SMILES string of the molecule is CCc1cc(Cc2ccccc2)c(OC(C)C)c(C(C)C)c1. The number of hydrogen-bond donors (Lipinski definition) is 0. The summed E-state index contributed by atoms with van der Waals surface area (Å²) in [6, 6.07) is 15.3. The van der Waals surface area contributed by atoms with Crippen molar-refractivity contribution in [2.75, 3.05) is 0 Å². The summed E-state index contributed by atoms with van der Waals surface area (Å²) in [5.41, 5.74) is 5.37. The summed E-state index contributed by atoms with van der Waals surface area (Å²) in [6.45, 7) is 10.9. The average molecular weight is 296 g/mol. The third-order valence-corrected chi connectivity index (χ3v) is 3.88. The summed E-state index contributed by atoms with van der Waals surface area (Å²) in [6.07, 6.45) is 2.18. The van der Waals surface area contributed by atoms with E-state index in [4.69, 9.17) is 4.74 Å². The molecule has 0 spiro atoms. The first-order valence-electron chi connectivity index (χ1n) is 8.37. The van der Waals surface area contributed by atoms with Gasteiger partial charge in [0.25, 0.3) is 0 Å². The minimum atomic E-state index is 0.194. The Kier molecular flexibility index (Phi) is 5.65. The van der Waals surface area contributed by atoms with Crippen LogP contribution in [-0.2, 0) is 12.8 Å². The number of hydrogen-bond acceptors (Lipinski definition) is 1. The van der Waals surface area contributed by atoms with Crippen LogP contribution in [0.4, 0.5) is 0 Å². The minimum Gasteiger partial charge on any atom is -0.490 e. The van der Waals surface area contributed by atoms with Crippen LogP contribution in [0.25, 0.3) is 0 Å². The first-order valence-corrected chi connectivity index (χ1v) is 8.37. The second kappa shape index (κ2) is 7.49. The molecular weight excluding hydrogens is 268 g/mol. The van der Waals surface area contributed by atoms with Crippen molar-refractivity contribution in [1.29, 1.82) is 0 Å². The van der Waals surface area contributed by atoms with Gasteiger partial charge in [-0.25, -0.2) is 0 Å². The van der Waals surface area contributed by atoms with Crippen LogP contribution in [0.5, 0.6) is 5.75 Å². The molecule has 1 nitrogen and oxygen atoms in total. The van der Waals surface area contributed by atoms with Gasteiger partial charge >= 0.3 is 0 Å². The molecule has 22 heavy (non-hydrogen) atoms. The normalized spacial score (nSPS) is 11.2. The molecule has 0 radical (unpaired) electrons. The molecule has 2 rings (SSSR count). The van der Waals surface area contributed by atoms with Gasteiger partial charge in [0.2, 0.25) is 0 Å². The lowest BCUT2D eigenvalue weighted by Gasteiger charge is -2.22. The molecule has 0 fully saturated rings. The van der Waals surface area contributed by atoms with Crippen LogP contribution in [-0.4, -0.2) is 6.10 Å². The standard InChI is InChI=1S/C21H28O/c1-6-17-12-19(13-18-10-8-7-9-11-18)21(22-16(4)5)20(14-17)15(2)3/h7-12,14-16H,6,13H2,1-5H3. The first-order chi connectivity index (χ1) is 10.5. The van der Waals surface area contributed by atoms with E-state index in [0.717, 1.165) is 18.6 Å². The van der Waals surface area contributed by atoms with Crippen molar-refractivity contribution < 1.29 is 4.74 Å². The molecule has 0 aromatic heterocycles. The predicted molar refractivity (Wildman–Crippen MR) is 94.9 cm³/mol. The highest BCUT2D eigenvalue weighted by molar-refractivity contribution is 5.48. The quantitative estimate of drug-likeness (QED) is 0.659. The van der Waals surface area contributed by atoms with E-state index in [1.54, 1.807) is 0 Å². The van der Waals surface area contributed by atoms with E-state index in [1.165, 1.54) is 22.3 Å². The number of aryl methyl sites for hydroxylation is 1. The van der Waals surface area contributed by atoms with Gasteiger partial charge in [-0.15, -0.1) is 0 Å². The van der Waals surface area contributed by atoms with Crippen molar-refractivity contribution in [2.45, 2.75) is 59.5 Å². The van der Waals surface area contributed by atoms with Gasteiger partial charge in [-0.1, -0.05) is 63.2 Å². The Labute approximate surface area is 135 Å². The first kappa shape index (κ1) is 16.6. The van der Waals surface area contributed by atoms with Crippen LogP contribution in [0.15, 0.2) is 42.5 Å². The molecular formula is C21H28O. The zero-order chi connectivity index (χ0) is 16.1. The van der Waals surface area contributed by atoms with Crippen LogP contribution in [0.1, 0.15) is 62.8 Å². The van der Waals surface area contributed by atoms with Crippen LogP contribution in [0.3, 0.4) is 0 Å². The van der Waals surface area contributed by atoms with Crippen LogP contribution >= 0.6 is 0 Å². The molecule has 0 N–H and O–H groups in total. The average Bonchev–Trinajstić information content (AvgIpc) is 2.49. The highest BCUT2D eigenvalue weighted by Crippen LogP contribution is 2.34. The molecule has 1 heteroatoms. The minimum absolute atomic E-state index is 0.194. The van der Waals surface area contributed by atoms with E-state index < -0.39 is 0 Å². The van der Waals surface area contributed by atoms with Crippen molar-refractivity contribution in [2.24, 2.45) is 0 Å². The summed E-state index contributed by atoms with van der Waals surface area (Å²) >= 11 is 0. The van der Waals surface area contributed by atoms with E-state index in [-0.39, 0.29) is 6.10 Å². The van der Waals surface area contributed by atoms with Crippen molar-refractivity contribution in [3.05, 3.63) is 64.7 Å². The zero-order valence-electron chi connectivity index (χ0n) is 14.5. The lowest BCUT2D eigenvalue weighted by molar-refractivity contribution is 0.237. The van der Waals surface area contributed by atoms with Crippen molar-refractivity contribution in [3.63, 3.8) is 0 Å². The molecule has 0 amide bonds. The van der Waals surface area contributed by atoms with Gasteiger partial charge < -0.3 is 4.74 Å². The fourth-order valence-electron chi connectivity index (χ4n) is 2.74. The summed E-state index contributed by atoms with van der Waals surface area (Å²) in [7, 11) is 0. The molecule has 0 aliphatic rings. The maximum Gasteiger partial charge on any atom is 0.126 e. The van der Waals surface area contributed by atoms with Gasteiger partial charge in [0.05, 0.1) is 6.10 Å². The molecule has 0 heterocycles. The van der Waals surface area contributed by atoms with Crippen molar-refractivity contribution >= 4 is 0 Å². The smallest absolute Gasteiger partial charge is 0.126 e. The monoisotopic (exact) mass is 296 g/mol. The zero-order valence-corrected chi connectivity index (χ0v) is 14.5. The highest BCUT2D eigenvalue weighted by Gasteiger charge is 2.16. The van der Waals surface area contributed by atoms with Crippen LogP contribution in [0.2, 0.25) is 0 Å². The molecule has 118 valence electrons. The fraction of sp³-hybridized carbons (Fsp3) is 0.429. The molecule has 0 saturated heterocycles. The summed E-state index contributed by atoms with van der Waals surface area (Å²) < 4.78 is 6.21. The van der Waals surface area contributed by atoms with E-state index in [0.29, 0.717) is 5.92 Å². The Hall–Kier alpha value is -1.76. The van der Waals surface area contributed by atoms with Gasteiger partial charge in [0.15, 0.2) is 0 Å².